The van der Waals surface area contributed by atoms with Crippen LogP contribution in [-0.4, -0.2) is 19.5 Å². The summed E-state index contributed by atoms with van der Waals surface area (Å²) in [6.45, 7) is 0. The molecule has 2 fully saturated rings. The van der Waals surface area contributed by atoms with Crippen molar-refractivity contribution in [1.29, 1.82) is 0 Å². The molecule has 5 heteroatoms. The number of imidazole rings is 1. The topological polar surface area (TPSA) is 50.4 Å². The zero-order chi connectivity index (χ0) is 20.9. The van der Waals surface area contributed by atoms with Crippen molar-refractivity contribution in [2.24, 2.45) is 5.92 Å². The van der Waals surface area contributed by atoms with Gasteiger partial charge in [0.2, 0.25) is 0 Å². The van der Waals surface area contributed by atoms with Gasteiger partial charge in [-0.25, -0.2) is 9.37 Å². The summed E-state index contributed by atoms with van der Waals surface area (Å²) < 4.78 is 16.2. The van der Waals surface area contributed by atoms with E-state index in [0.717, 1.165) is 42.1 Å². The van der Waals surface area contributed by atoms with E-state index in [-0.39, 0.29) is 11.7 Å². The lowest BCUT2D eigenvalue weighted by Gasteiger charge is -2.33. The van der Waals surface area contributed by atoms with E-state index in [0.29, 0.717) is 17.4 Å². The number of aliphatic hydroxyl groups is 1. The first-order valence-electron chi connectivity index (χ1n) is 11.4. The van der Waals surface area contributed by atoms with E-state index in [2.05, 4.69) is 22.2 Å². The molecule has 0 radical (unpaired) electrons. The van der Waals surface area contributed by atoms with E-state index < -0.39 is 6.10 Å². The van der Waals surface area contributed by atoms with E-state index in [4.69, 9.17) is 0 Å². The van der Waals surface area contributed by atoms with Crippen LogP contribution >= 0.6 is 0 Å². The lowest BCUT2D eigenvalue weighted by Crippen LogP contribution is -2.21. The van der Waals surface area contributed by atoms with Gasteiger partial charge in [-0.05, 0) is 85.6 Å². The predicted octanol–water partition coefficient (Wildman–Crippen LogP) is 5.91. The minimum Gasteiger partial charge on any atom is -0.388 e. The quantitative estimate of drug-likeness (QED) is 0.451. The molecule has 2 aliphatic carbocycles. The van der Waals surface area contributed by atoms with Crippen LogP contribution in [-0.2, 0) is 0 Å². The second kappa shape index (κ2) is 7.41. The molecule has 2 saturated carbocycles. The van der Waals surface area contributed by atoms with Crippen molar-refractivity contribution in [2.75, 3.05) is 0 Å². The summed E-state index contributed by atoms with van der Waals surface area (Å²) in [6, 6.07) is 9.51. The van der Waals surface area contributed by atoms with Crippen LogP contribution in [0.4, 0.5) is 4.39 Å². The third-order valence-corrected chi connectivity index (χ3v) is 7.39. The highest BCUT2D eigenvalue weighted by Gasteiger charge is 2.34. The van der Waals surface area contributed by atoms with Crippen molar-refractivity contribution in [3.63, 3.8) is 0 Å². The molecular formula is C26H26FN3O. The summed E-state index contributed by atoms with van der Waals surface area (Å²) in [5, 5.41) is 12.4. The molecule has 6 rings (SSSR count). The van der Waals surface area contributed by atoms with Gasteiger partial charge in [0.25, 0.3) is 0 Å². The predicted molar refractivity (Wildman–Crippen MR) is 119 cm³/mol. The van der Waals surface area contributed by atoms with E-state index in [1.54, 1.807) is 12.3 Å². The van der Waals surface area contributed by atoms with E-state index in [9.17, 15) is 9.50 Å². The molecule has 3 aromatic heterocycles. The molecule has 1 atom stereocenters. The maximum absolute atomic E-state index is 14.2. The number of rotatable bonds is 4. The summed E-state index contributed by atoms with van der Waals surface area (Å²) in [7, 11) is 0. The third-order valence-electron chi connectivity index (χ3n) is 7.39. The molecule has 0 bridgehead atoms. The molecule has 1 N–H and O–H groups in total. The number of fused-ring (bicyclic) bond motifs is 2. The summed E-state index contributed by atoms with van der Waals surface area (Å²) in [5.74, 6) is 0.938. The fraction of sp³-hybridized carbons (Fsp3) is 0.385. The van der Waals surface area contributed by atoms with Crippen molar-refractivity contribution < 1.29 is 9.50 Å². The average molecular weight is 416 g/mol. The Balaban J connectivity index is 1.27. The molecule has 3 heterocycles. The molecule has 0 aliphatic heterocycles. The SMILES string of the molecule is O[C@@H](c1c(C2CC2)ccn2cncc12)C1CCC(c2ccc(F)c3ncccc23)CC1. The van der Waals surface area contributed by atoms with Crippen LogP contribution in [0.3, 0.4) is 0 Å². The Labute approximate surface area is 180 Å². The van der Waals surface area contributed by atoms with Crippen molar-refractivity contribution in [3.05, 3.63) is 77.8 Å². The Hall–Kier alpha value is -2.79. The normalized spacial score (nSPS) is 22.8. The standard InChI is InChI=1S/C26H26FN3O/c27-22-10-9-19(21-2-1-12-29-25(21)22)16-5-7-18(8-6-16)26(31)24-20(17-3-4-17)11-13-30-15-28-14-23(24)30/h1-2,9-18,26,31H,3-8H2/t16?,18?,26-/m1/s1. The molecule has 0 spiro atoms. The van der Waals surface area contributed by atoms with Gasteiger partial charge in [-0.2, -0.15) is 0 Å². The molecule has 2 aliphatic rings. The first-order chi connectivity index (χ1) is 15.2. The van der Waals surface area contributed by atoms with E-state index >= 15 is 0 Å². The molecule has 4 nitrogen and oxygen atoms in total. The first kappa shape index (κ1) is 18.9. The van der Waals surface area contributed by atoms with Crippen LogP contribution in [0.2, 0.25) is 0 Å². The van der Waals surface area contributed by atoms with Gasteiger partial charge in [-0.15, -0.1) is 0 Å². The number of benzene rings is 1. The minimum atomic E-state index is -0.469. The van der Waals surface area contributed by atoms with Gasteiger partial charge < -0.3 is 9.51 Å². The summed E-state index contributed by atoms with van der Waals surface area (Å²) >= 11 is 0. The highest BCUT2D eigenvalue weighted by molar-refractivity contribution is 5.83. The zero-order valence-electron chi connectivity index (χ0n) is 17.4. The van der Waals surface area contributed by atoms with Crippen LogP contribution in [0.25, 0.3) is 16.4 Å². The number of hydrogen-bond donors (Lipinski definition) is 1. The minimum absolute atomic E-state index is 0.236. The van der Waals surface area contributed by atoms with Gasteiger partial charge in [0.05, 0.1) is 24.1 Å². The number of pyridine rings is 2. The smallest absolute Gasteiger partial charge is 0.149 e. The van der Waals surface area contributed by atoms with Gasteiger partial charge in [0.1, 0.15) is 11.3 Å². The maximum Gasteiger partial charge on any atom is 0.149 e. The van der Waals surface area contributed by atoms with Crippen molar-refractivity contribution in [1.82, 2.24) is 14.4 Å². The van der Waals surface area contributed by atoms with Gasteiger partial charge >= 0.3 is 0 Å². The largest absolute Gasteiger partial charge is 0.388 e. The Bertz CT molecular complexity index is 1250. The number of aliphatic hydroxyl groups excluding tert-OH is 1. The van der Waals surface area contributed by atoms with Crippen LogP contribution < -0.4 is 0 Å². The lowest BCUT2D eigenvalue weighted by atomic mass is 9.74. The fourth-order valence-corrected chi connectivity index (χ4v) is 5.60. The van der Waals surface area contributed by atoms with Crippen LogP contribution in [0.5, 0.6) is 0 Å². The van der Waals surface area contributed by atoms with Gasteiger partial charge in [0, 0.05) is 23.3 Å². The molecule has 31 heavy (non-hydrogen) atoms. The van der Waals surface area contributed by atoms with Gasteiger partial charge in [-0.3, -0.25) is 4.98 Å². The van der Waals surface area contributed by atoms with E-state index in [1.807, 2.05) is 35.1 Å². The van der Waals surface area contributed by atoms with Crippen molar-refractivity contribution in [3.8, 4) is 0 Å². The molecule has 0 amide bonds. The molecule has 4 aromatic rings. The van der Waals surface area contributed by atoms with Crippen LogP contribution in [0.1, 0.15) is 73.2 Å². The molecular weight excluding hydrogens is 389 g/mol. The van der Waals surface area contributed by atoms with Crippen molar-refractivity contribution >= 4 is 16.4 Å². The van der Waals surface area contributed by atoms with Crippen LogP contribution in [0, 0.1) is 11.7 Å². The Morgan fingerprint density at radius 1 is 0.968 bits per heavy atom. The maximum atomic E-state index is 14.2. The summed E-state index contributed by atoms with van der Waals surface area (Å²) in [5.41, 5.74) is 5.08. The number of nitrogens with zero attached hydrogens (tertiary/aromatic N) is 3. The average Bonchev–Trinajstić information content (AvgIpc) is 3.55. The van der Waals surface area contributed by atoms with E-state index in [1.165, 1.54) is 24.0 Å². The third kappa shape index (κ3) is 3.23. The highest BCUT2D eigenvalue weighted by Crippen LogP contribution is 2.48. The monoisotopic (exact) mass is 415 g/mol. The van der Waals surface area contributed by atoms with Gasteiger partial charge in [-0.1, -0.05) is 12.1 Å². The summed E-state index contributed by atoms with van der Waals surface area (Å²) in [6.07, 6.45) is 13.3. The second-order valence-corrected chi connectivity index (χ2v) is 9.24. The Morgan fingerprint density at radius 3 is 2.55 bits per heavy atom. The summed E-state index contributed by atoms with van der Waals surface area (Å²) in [4.78, 5) is 8.57. The molecule has 0 unspecified atom stereocenters. The number of aromatic nitrogens is 3. The van der Waals surface area contributed by atoms with Gasteiger partial charge in [0.15, 0.2) is 0 Å². The highest BCUT2D eigenvalue weighted by atomic mass is 19.1. The second-order valence-electron chi connectivity index (χ2n) is 9.24. The first-order valence-corrected chi connectivity index (χ1v) is 11.4. The zero-order valence-corrected chi connectivity index (χ0v) is 17.4. The molecule has 158 valence electrons. The lowest BCUT2D eigenvalue weighted by molar-refractivity contribution is 0.0811. The Morgan fingerprint density at radius 2 is 1.74 bits per heavy atom. The van der Waals surface area contributed by atoms with Crippen molar-refractivity contribution in [2.45, 2.75) is 56.5 Å². The fourth-order valence-electron chi connectivity index (χ4n) is 5.60. The van der Waals surface area contributed by atoms with Crippen LogP contribution in [0.15, 0.2) is 55.2 Å². The number of hydrogen-bond acceptors (Lipinski definition) is 3. The Kier molecular flexibility index (Phi) is 4.53. The number of halogens is 1. The molecule has 1 aromatic carbocycles. The molecule has 0 saturated heterocycles.